The molecule has 0 saturated heterocycles. The number of rotatable bonds is 4. The number of carbonyl (C=O) groups excluding carboxylic acids is 1. The second kappa shape index (κ2) is 5.73. The Morgan fingerprint density at radius 2 is 1.89 bits per heavy atom. The smallest absolute Gasteiger partial charge is 0.252 e. The van der Waals surface area contributed by atoms with Crippen LogP contribution < -0.4 is 16.2 Å². The van der Waals surface area contributed by atoms with Gasteiger partial charge in [-0.05, 0) is 29.8 Å². The van der Waals surface area contributed by atoms with Gasteiger partial charge in [0.25, 0.3) is 5.91 Å². The molecule has 0 radical (unpaired) electrons. The summed E-state index contributed by atoms with van der Waals surface area (Å²) >= 11 is 6.09. The van der Waals surface area contributed by atoms with Crippen molar-refractivity contribution in [2.24, 2.45) is 11.5 Å². The molecule has 2 aromatic rings. The third-order valence-corrected chi connectivity index (χ3v) is 2.90. The molecule has 5 heteroatoms. The fraction of sp³-hybridized carbons (Fsp3) is 0.0714. The maximum atomic E-state index is 11.3. The van der Waals surface area contributed by atoms with Crippen LogP contribution >= 0.6 is 11.6 Å². The summed E-state index contributed by atoms with van der Waals surface area (Å²) in [6.07, 6.45) is 0. The SMILES string of the molecule is NCc1ccc(Oc2ccccc2C(N)=O)c(Cl)c1. The molecule has 1 amide bonds. The lowest BCUT2D eigenvalue weighted by molar-refractivity contribution is 0.0998. The van der Waals surface area contributed by atoms with E-state index in [0.717, 1.165) is 5.56 Å². The quantitative estimate of drug-likeness (QED) is 0.901. The number of para-hydroxylation sites is 1. The largest absolute Gasteiger partial charge is 0.455 e. The van der Waals surface area contributed by atoms with Gasteiger partial charge in [-0.15, -0.1) is 0 Å². The van der Waals surface area contributed by atoms with E-state index >= 15 is 0 Å². The molecule has 0 bridgehead atoms. The Hall–Kier alpha value is -2.04. The molecule has 2 rings (SSSR count). The molecule has 19 heavy (non-hydrogen) atoms. The number of carbonyl (C=O) groups is 1. The summed E-state index contributed by atoms with van der Waals surface area (Å²) in [5.41, 5.74) is 12.0. The van der Waals surface area contributed by atoms with Gasteiger partial charge in [0.05, 0.1) is 10.6 Å². The van der Waals surface area contributed by atoms with Crippen molar-refractivity contribution in [3.05, 3.63) is 58.6 Å². The van der Waals surface area contributed by atoms with Gasteiger partial charge in [0.15, 0.2) is 0 Å². The molecule has 0 saturated carbocycles. The van der Waals surface area contributed by atoms with Crippen LogP contribution in [0.3, 0.4) is 0 Å². The Labute approximate surface area is 115 Å². The van der Waals surface area contributed by atoms with E-state index in [9.17, 15) is 4.79 Å². The number of ether oxygens (including phenoxy) is 1. The van der Waals surface area contributed by atoms with Gasteiger partial charge < -0.3 is 16.2 Å². The molecular weight excluding hydrogens is 264 g/mol. The zero-order chi connectivity index (χ0) is 13.8. The highest BCUT2D eigenvalue weighted by Crippen LogP contribution is 2.31. The zero-order valence-corrected chi connectivity index (χ0v) is 10.9. The molecular formula is C14H13ClN2O2. The summed E-state index contributed by atoms with van der Waals surface area (Å²) < 4.78 is 5.63. The molecule has 0 aliphatic carbocycles. The second-order valence-corrected chi connectivity index (χ2v) is 4.34. The fourth-order valence-electron chi connectivity index (χ4n) is 1.63. The lowest BCUT2D eigenvalue weighted by atomic mass is 10.2. The van der Waals surface area contributed by atoms with Crippen LogP contribution in [-0.2, 0) is 6.54 Å². The molecule has 0 aromatic heterocycles. The maximum absolute atomic E-state index is 11.3. The fourth-order valence-corrected chi connectivity index (χ4v) is 1.87. The van der Waals surface area contributed by atoms with Crippen LogP contribution in [0.25, 0.3) is 0 Å². The van der Waals surface area contributed by atoms with E-state index in [-0.39, 0.29) is 0 Å². The Morgan fingerprint density at radius 1 is 1.16 bits per heavy atom. The first-order valence-corrected chi connectivity index (χ1v) is 6.05. The number of halogens is 1. The van der Waals surface area contributed by atoms with Crippen molar-refractivity contribution in [1.29, 1.82) is 0 Å². The number of hydrogen-bond acceptors (Lipinski definition) is 3. The molecule has 0 aliphatic rings. The van der Waals surface area contributed by atoms with Crippen molar-refractivity contribution in [3.63, 3.8) is 0 Å². The van der Waals surface area contributed by atoms with Crippen LogP contribution in [-0.4, -0.2) is 5.91 Å². The summed E-state index contributed by atoms with van der Waals surface area (Å²) in [5.74, 6) is 0.273. The topological polar surface area (TPSA) is 78.3 Å². The first-order valence-electron chi connectivity index (χ1n) is 5.67. The predicted octanol–water partition coefficient (Wildman–Crippen LogP) is 2.69. The Bertz CT molecular complexity index is 614. The van der Waals surface area contributed by atoms with Crippen LogP contribution in [0.5, 0.6) is 11.5 Å². The molecule has 98 valence electrons. The van der Waals surface area contributed by atoms with Gasteiger partial charge in [-0.1, -0.05) is 29.8 Å². The minimum atomic E-state index is -0.551. The van der Waals surface area contributed by atoms with Crippen molar-refractivity contribution in [1.82, 2.24) is 0 Å². The molecule has 2 aromatic carbocycles. The number of hydrogen-bond donors (Lipinski definition) is 2. The third kappa shape index (κ3) is 3.05. The van der Waals surface area contributed by atoms with Crippen molar-refractivity contribution < 1.29 is 9.53 Å². The number of benzene rings is 2. The molecule has 4 nitrogen and oxygen atoms in total. The summed E-state index contributed by atoms with van der Waals surface area (Å²) in [6.45, 7) is 0.401. The normalized spacial score (nSPS) is 10.2. The van der Waals surface area contributed by atoms with Gasteiger partial charge in [-0.3, -0.25) is 4.79 Å². The third-order valence-electron chi connectivity index (χ3n) is 2.60. The second-order valence-electron chi connectivity index (χ2n) is 3.93. The number of primary amides is 1. The van der Waals surface area contributed by atoms with Crippen LogP contribution in [0.4, 0.5) is 0 Å². The van der Waals surface area contributed by atoms with Crippen LogP contribution in [0.15, 0.2) is 42.5 Å². The molecule has 4 N–H and O–H groups in total. The lowest BCUT2D eigenvalue weighted by Crippen LogP contribution is -2.12. The minimum Gasteiger partial charge on any atom is -0.455 e. The average Bonchev–Trinajstić information content (AvgIpc) is 2.41. The molecule has 0 heterocycles. The first kappa shape index (κ1) is 13.4. The minimum absolute atomic E-state index is 0.307. The van der Waals surface area contributed by atoms with Gasteiger partial charge in [-0.2, -0.15) is 0 Å². The standard InChI is InChI=1S/C14H13ClN2O2/c15-11-7-9(8-16)5-6-13(11)19-12-4-2-1-3-10(12)14(17)18/h1-7H,8,16H2,(H2,17,18). The van der Waals surface area contributed by atoms with Gasteiger partial charge in [0, 0.05) is 6.54 Å². The Balaban J connectivity index is 2.34. The highest BCUT2D eigenvalue weighted by molar-refractivity contribution is 6.32. The van der Waals surface area contributed by atoms with Gasteiger partial charge >= 0.3 is 0 Å². The average molecular weight is 277 g/mol. The first-order chi connectivity index (χ1) is 9.11. The lowest BCUT2D eigenvalue weighted by Gasteiger charge is -2.11. The highest BCUT2D eigenvalue weighted by Gasteiger charge is 2.11. The molecule has 0 unspecified atom stereocenters. The van der Waals surface area contributed by atoms with E-state index in [1.54, 1.807) is 36.4 Å². The van der Waals surface area contributed by atoms with E-state index in [0.29, 0.717) is 28.6 Å². The van der Waals surface area contributed by atoms with Crippen molar-refractivity contribution in [3.8, 4) is 11.5 Å². The molecule has 0 atom stereocenters. The van der Waals surface area contributed by atoms with Crippen LogP contribution in [0, 0.1) is 0 Å². The van der Waals surface area contributed by atoms with E-state index in [1.807, 2.05) is 6.07 Å². The van der Waals surface area contributed by atoms with Crippen molar-refractivity contribution >= 4 is 17.5 Å². The van der Waals surface area contributed by atoms with Crippen molar-refractivity contribution in [2.45, 2.75) is 6.54 Å². The van der Waals surface area contributed by atoms with Gasteiger partial charge in [0.1, 0.15) is 11.5 Å². The molecule has 0 fully saturated rings. The zero-order valence-electron chi connectivity index (χ0n) is 10.1. The van der Waals surface area contributed by atoms with Crippen LogP contribution in [0.1, 0.15) is 15.9 Å². The Kier molecular flexibility index (Phi) is 4.04. The van der Waals surface area contributed by atoms with Crippen molar-refractivity contribution in [2.75, 3.05) is 0 Å². The van der Waals surface area contributed by atoms with E-state index in [1.165, 1.54) is 0 Å². The van der Waals surface area contributed by atoms with E-state index in [4.69, 9.17) is 27.8 Å². The van der Waals surface area contributed by atoms with E-state index in [2.05, 4.69) is 0 Å². The summed E-state index contributed by atoms with van der Waals surface area (Å²) in [7, 11) is 0. The maximum Gasteiger partial charge on any atom is 0.252 e. The molecule has 0 aliphatic heterocycles. The summed E-state index contributed by atoms with van der Waals surface area (Å²) in [4.78, 5) is 11.3. The number of nitrogens with two attached hydrogens (primary N) is 2. The van der Waals surface area contributed by atoms with E-state index < -0.39 is 5.91 Å². The Morgan fingerprint density at radius 3 is 2.53 bits per heavy atom. The number of amides is 1. The van der Waals surface area contributed by atoms with Gasteiger partial charge in [-0.25, -0.2) is 0 Å². The molecule has 0 spiro atoms. The summed E-state index contributed by atoms with van der Waals surface area (Å²) in [5, 5.41) is 0.433. The van der Waals surface area contributed by atoms with Crippen LogP contribution in [0.2, 0.25) is 5.02 Å². The van der Waals surface area contributed by atoms with Gasteiger partial charge in [0.2, 0.25) is 0 Å². The highest BCUT2D eigenvalue weighted by atomic mass is 35.5. The summed E-state index contributed by atoms with van der Waals surface area (Å²) in [6, 6.07) is 12.0. The predicted molar refractivity (Wildman–Crippen MR) is 74.4 cm³/mol. The monoisotopic (exact) mass is 276 g/mol.